The van der Waals surface area contributed by atoms with Crippen molar-refractivity contribution in [2.45, 2.75) is 38.8 Å². The van der Waals surface area contributed by atoms with Gasteiger partial charge in [-0.15, -0.1) is 24.8 Å². The van der Waals surface area contributed by atoms with E-state index in [4.69, 9.17) is 22.3 Å². The van der Waals surface area contributed by atoms with Crippen molar-refractivity contribution in [1.29, 1.82) is 10.8 Å². The number of nitrogens with two attached hydrogens (primary N) is 2. The maximum atomic E-state index is 9.84. The van der Waals surface area contributed by atoms with Gasteiger partial charge in [-0.3, -0.25) is 10.8 Å². The number of hydrogen-bond acceptors (Lipinski definition) is 2. The number of rotatable bonds is 4. The molecule has 0 bridgehead atoms. The van der Waals surface area contributed by atoms with Gasteiger partial charge in [0.15, 0.2) is 11.7 Å². The number of hydrogen-bond donors (Lipinski definition) is 4. The van der Waals surface area contributed by atoms with Gasteiger partial charge in [0, 0.05) is 27.7 Å². The quantitative estimate of drug-likeness (QED) is 0.266. The minimum absolute atomic E-state index is 0. The molecule has 0 heterocycles. The number of amidine groups is 2. The van der Waals surface area contributed by atoms with E-state index < -0.39 is 11.1 Å². The van der Waals surface area contributed by atoms with Gasteiger partial charge in [-0.25, -0.2) is 0 Å². The van der Waals surface area contributed by atoms with Crippen LogP contribution in [0.2, 0.25) is 0 Å². The van der Waals surface area contributed by atoms with Crippen LogP contribution in [0.3, 0.4) is 0 Å². The molecule has 8 heteroatoms. The molecule has 96 valence electrons. The highest BCUT2D eigenvalue weighted by Crippen LogP contribution is 2.19. The highest BCUT2D eigenvalue weighted by molar-refractivity contribution is 5.87. The molecule has 0 radical (unpaired) electrons. The molecule has 0 fully saturated rings. The summed E-state index contributed by atoms with van der Waals surface area (Å²) in [6, 6.07) is 0. The first-order chi connectivity index (χ1) is 6.04. The van der Waals surface area contributed by atoms with Crippen molar-refractivity contribution in [3.05, 3.63) is 5.53 Å². The Morgan fingerprint density at radius 1 is 0.938 bits per heavy atom. The Bertz CT molecular complexity index is 269. The van der Waals surface area contributed by atoms with Crippen LogP contribution in [-0.2, 0) is 0 Å². The first-order valence-corrected chi connectivity index (χ1v) is 4.22. The average molecular weight is 271 g/mol. The molecule has 0 unspecified atom stereocenters. The molecule has 0 aromatic carbocycles. The summed E-state index contributed by atoms with van der Waals surface area (Å²) in [6.07, 6.45) is 0. The summed E-state index contributed by atoms with van der Waals surface area (Å²) < 4.78 is 0.824. The van der Waals surface area contributed by atoms with E-state index in [0.717, 1.165) is 4.70 Å². The lowest BCUT2D eigenvalue weighted by Crippen LogP contribution is -2.58. The largest absolute Gasteiger partial charge is 0.505 e. The SMILES string of the molecule is CC(C)(C(=N)N)[N+](=[N-])C(C)(C)C(=N)N.Cl.Cl. The van der Waals surface area contributed by atoms with Gasteiger partial charge in [0.25, 0.3) is 0 Å². The predicted molar refractivity (Wildman–Crippen MR) is 70.1 cm³/mol. The van der Waals surface area contributed by atoms with Gasteiger partial charge in [0.05, 0.1) is 0 Å². The van der Waals surface area contributed by atoms with E-state index >= 15 is 0 Å². The number of halogens is 2. The second-order valence-electron chi connectivity index (χ2n) is 4.26. The third kappa shape index (κ3) is 3.61. The van der Waals surface area contributed by atoms with E-state index in [1.807, 2.05) is 0 Å². The fourth-order valence-electron chi connectivity index (χ4n) is 0.927. The van der Waals surface area contributed by atoms with Crippen molar-refractivity contribution in [3.8, 4) is 0 Å². The first kappa shape index (κ1) is 20.5. The average Bonchev–Trinajstić information content (AvgIpc) is 2.02. The van der Waals surface area contributed by atoms with Crippen molar-refractivity contribution in [2.75, 3.05) is 0 Å². The summed E-state index contributed by atoms with van der Waals surface area (Å²) in [5.41, 5.74) is 18.4. The van der Waals surface area contributed by atoms with E-state index in [1.54, 1.807) is 27.7 Å². The van der Waals surface area contributed by atoms with Crippen LogP contribution in [0.5, 0.6) is 0 Å². The van der Waals surface area contributed by atoms with Gasteiger partial charge in [0.1, 0.15) is 0 Å². The molecule has 0 aliphatic rings. The van der Waals surface area contributed by atoms with Crippen LogP contribution in [0.4, 0.5) is 0 Å². The van der Waals surface area contributed by atoms with Crippen LogP contribution in [0.1, 0.15) is 27.7 Å². The lowest BCUT2D eigenvalue weighted by atomic mass is 9.95. The van der Waals surface area contributed by atoms with Crippen LogP contribution in [0, 0.1) is 10.8 Å². The third-order valence-electron chi connectivity index (χ3n) is 2.38. The summed E-state index contributed by atoms with van der Waals surface area (Å²) >= 11 is 0. The highest BCUT2D eigenvalue weighted by atomic mass is 35.5. The Hall–Kier alpha value is -0.880. The van der Waals surface area contributed by atoms with Crippen LogP contribution in [-0.4, -0.2) is 27.4 Å². The van der Waals surface area contributed by atoms with Crippen molar-refractivity contribution in [1.82, 2.24) is 0 Å². The molecule has 6 N–H and O–H groups in total. The van der Waals surface area contributed by atoms with E-state index in [2.05, 4.69) is 0 Å². The Balaban J connectivity index is -0.000000845. The number of nitrogens with one attached hydrogen (secondary N) is 2. The smallest absolute Gasteiger partial charge is 0.202 e. The van der Waals surface area contributed by atoms with Gasteiger partial charge >= 0.3 is 0 Å². The third-order valence-corrected chi connectivity index (χ3v) is 2.38. The monoisotopic (exact) mass is 270 g/mol. The van der Waals surface area contributed by atoms with Crippen LogP contribution in [0.15, 0.2) is 0 Å². The molecule has 6 nitrogen and oxygen atoms in total. The molecule has 0 aliphatic heterocycles. The molecule has 16 heavy (non-hydrogen) atoms. The molecule has 0 aromatic heterocycles. The second-order valence-corrected chi connectivity index (χ2v) is 4.26. The predicted octanol–water partition coefficient (Wildman–Crippen LogP) is 1.29. The maximum Gasteiger partial charge on any atom is 0.202 e. The Labute approximate surface area is 108 Å². The molecular weight excluding hydrogens is 251 g/mol. The van der Waals surface area contributed by atoms with Gasteiger partial charge in [-0.1, -0.05) is 0 Å². The van der Waals surface area contributed by atoms with Gasteiger partial charge in [-0.2, -0.15) is 0 Å². The topological polar surface area (TPSA) is 125 Å². The van der Waals surface area contributed by atoms with Crippen LogP contribution in [0.25, 0.3) is 5.53 Å². The molecule has 0 atom stereocenters. The first-order valence-electron chi connectivity index (χ1n) is 4.22. The fraction of sp³-hybridized carbons (Fsp3) is 0.750. The van der Waals surface area contributed by atoms with E-state index in [-0.39, 0.29) is 36.5 Å². The lowest BCUT2D eigenvalue weighted by molar-refractivity contribution is -0.648. The zero-order valence-corrected chi connectivity index (χ0v) is 11.5. The molecule has 0 aromatic rings. The molecule has 0 rings (SSSR count). The minimum atomic E-state index is -1.05. The van der Waals surface area contributed by atoms with E-state index in [1.165, 1.54) is 0 Å². The van der Waals surface area contributed by atoms with E-state index in [9.17, 15) is 5.53 Å². The minimum Gasteiger partial charge on any atom is -0.505 e. The van der Waals surface area contributed by atoms with Gasteiger partial charge in [-0.05, 0) is 0 Å². The standard InChI is InChI=1S/C8H18N6.2ClH/c1-7(2,5(9)10)14(13)8(3,4)6(11)12;;/h1-4H3,(H3,9,10)(H3,11,12);2*1H. The maximum absolute atomic E-state index is 9.84. The molecule has 0 spiro atoms. The van der Waals surface area contributed by atoms with Crippen molar-refractivity contribution >= 4 is 36.5 Å². The van der Waals surface area contributed by atoms with Gasteiger partial charge < -0.3 is 21.7 Å². The Morgan fingerprint density at radius 3 is 1.25 bits per heavy atom. The summed E-state index contributed by atoms with van der Waals surface area (Å²) in [7, 11) is 0. The Kier molecular flexibility index (Phi) is 7.70. The zero-order valence-electron chi connectivity index (χ0n) is 9.87. The highest BCUT2D eigenvalue weighted by Gasteiger charge is 2.42. The molecule has 0 amide bonds. The second kappa shape index (κ2) is 6.00. The Morgan fingerprint density at radius 2 is 1.12 bits per heavy atom. The lowest BCUT2D eigenvalue weighted by Gasteiger charge is -2.34. The van der Waals surface area contributed by atoms with Crippen molar-refractivity contribution in [3.63, 3.8) is 0 Å². The zero-order chi connectivity index (χ0) is 11.7. The fourth-order valence-corrected chi connectivity index (χ4v) is 0.927. The normalized spacial score (nSPS) is 10.8. The molecular formula is C8H20Cl2N6. The summed E-state index contributed by atoms with van der Waals surface area (Å²) in [4.78, 5) is 0. The molecule has 0 saturated carbocycles. The molecule has 0 aliphatic carbocycles. The van der Waals surface area contributed by atoms with Crippen LogP contribution >= 0.6 is 24.8 Å². The van der Waals surface area contributed by atoms with Gasteiger partial charge in [0.2, 0.25) is 11.1 Å². The van der Waals surface area contributed by atoms with Crippen LogP contribution < -0.4 is 11.5 Å². The summed E-state index contributed by atoms with van der Waals surface area (Å²) in [6.45, 7) is 6.33. The summed E-state index contributed by atoms with van der Waals surface area (Å²) in [5, 5.41) is 14.6. The number of nitrogens with zero attached hydrogens (tertiary/aromatic N) is 2. The van der Waals surface area contributed by atoms with E-state index in [0.29, 0.717) is 0 Å². The molecule has 0 saturated heterocycles. The summed E-state index contributed by atoms with van der Waals surface area (Å²) in [5.74, 6) is -0.372. The van der Waals surface area contributed by atoms with Crippen molar-refractivity contribution in [2.24, 2.45) is 11.5 Å². The van der Waals surface area contributed by atoms with Crippen molar-refractivity contribution < 1.29 is 4.70 Å².